The van der Waals surface area contributed by atoms with E-state index in [1.54, 1.807) is 54.3 Å². The maximum absolute atomic E-state index is 12.9. The number of anilines is 1. The van der Waals surface area contributed by atoms with Crippen molar-refractivity contribution in [2.75, 3.05) is 12.4 Å². The van der Waals surface area contributed by atoms with Gasteiger partial charge in [-0.1, -0.05) is 29.0 Å². The second-order valence-corrected chi connectivity index (χ2v) is 7.18. The third-order valence-electron chi connectivity index (χ3n) is 4.70. The first-order valence-corrected chi connectivity index (χ1v) is 9.98. The lowest BCUT2D eigenvalue weighted by Crippen LogP contribution is -2.13. The Morgan fingerprint density at radius 1 is 1.03 bits per heavy atom. The van der Waals surface area contributed by atoms with Gasteiger partial charge in [-0.25, -0.2) is 4.68 Å². The van der Waals surface area contributed by atoms with Gasteiger partial charge >= 0.3 is 0 Å². The van der Waals surface area contributed by atoms with Crippen molar-refractivity contribution in [2.45, 2.75) is 0 Å². The molecular weight excluding hydrogens is 428 g/mol. The van der Waals surface area contributed by atoms with Gasteiger partial charge in [0.25, 0.3) is 5.91 Å². The zero-order chi connectivity index (χ0) is 22.5. The number of methoxy groups -OCH3 is 1. The van der Waals surface area contributed by atoms with Crippen molar-refractivity contribution in [1.29, 1.82) is 0 Å². The molecule has 1 heterocycles. The lowest BCUT2D eigenvalue weighted by atomic mass is 10.1. The normalized spacial score (nSPS) is 10.9. The van der Waals surface area contributed by atoms with Gasteiger partial charge in [0.15, 0.2) is 5.69 Å². The molecule has 1 amide bonds. The highest BCUT2D eigenvalue weighted by Gasteiger charge is 2.17. The quantitative estimate of drug-likeness (QED) is 0.234. The number of aromatic nitrogens is 2. The largest absolute Gasteiger partial charge is 0.497 e. The van der Waals surface area contributed by atoms with Crippen molar-refractivity contribution in [3.05, 3.63) is 89.6 Å². The van der Waals surface area contributed by atoms with Crippen LogP contribution in [-0.4, -0.2) is 22.8 Å². The Labute approximate surface area is 189 Å². The second kappa shape index (κ2) is 9.32. The van der Waals surface area contributed by atoms with Crippen LogP contribution in [0.15, 0.2) is 89.2 Å². The van der Waals surface area contributed by atoms with Crippen LogP contribution in [0.2, 0.25) is 5.02 Å². The molecule has 4 aromatic rings. The highest BCUT2D eigenvalue weighted by molar-refractivity contribution is 6.30. The summed E-state index contributed by atoms with van der Waals surface area (Å²) in [5, 5.41) is 15.0. The minimum atomic E-state index is -0.347. The fraction of sp³-hybridized carbons (Fsp3) is 0.0435. The molecule has 32 heavy (non-hydrogen) atoms. The van der Waals surface area contributed by atoms with Gasteiger partial charge in [0, 0.05) is 16.3 Å². The Balaban J connectivity index is 1.69. The van der Waals surface area contributed by atoms with Crippen molar-refractivity contribution in [3.8, 4) is 22.7 Å². The van der Waals surface area contributed by atoms with Gasteiger partial charge in [-0.15, -0.1) is 5.11 Å². The van der Waals surface area contributed by atoms with Crippen LogP contribution in [0.4, 0.5) is 11.4 Å². The van der Waals surface area contributed by atoms with E-state index in [1.165, 1.54) is 0 Å². The van der Waals surface area contributed by atoms with Gasteiger partial charge < -0.3 is 15.9 Å². The average Bonchev–Trinajstić information content (AvgIpc) is 3.27. The van der Waals surface area contributed by atoms with E-state index in [0.29, 0.717) is 16.4 Å². The summed E-state index contributed by atoms with van der Waals surface area (Å²) < 4.78 is 6.95. The van der Waals surface area contributed by atoms with E-state index in [9.17, 15) is 4.79 Å². The standard InChI is InChI=1S/C23H19ClN6O2/c1-32-20-12-10-19(11-13-20)30-22(15-2-4-16(24)5-3-15)14-21(28-30)23(31)26-17-6-8-18(9-7-17)27-29-25/h2-14H,1H3,(H2,25,27)(H,26,31). The fourth-order valence-corrected chi connectivity index (χ4v) is 3.24. The van der Waals surface area contributed by atoms with Crippen LogP contribution < -0.4 is 15.9 Å². The Morgan fingerprint density at radius 3 is 2.34 bits per heavy atom. The molecule has 0 atom stereocenters. The fourth-order valence-electron chi connectivity index (χ4n) is 3.11. The topological polar surface area (TPSA) is 107 Å². The Bertz CT molecular complexity index is 1250. The molecule has 0 unspecified atom stereocenters. The number of ether oxygens (including phenoxy) is 1. The third-order valence-corrected chi connectivity index (χ3v) is 4.95. The first-order chi connectivity index (χ1) is 15.6. The van der Waals surface area contributed by atoms with Gasteiger partial charge in [-0.2, -0.15) is 5.10 Å². The minimum Gasteiger partial charge on any atom is -0.497 e. The molecule has 0 aliphatic rings. The molecule has 0 saturated heterocycles. The Morgan fingerprint density at radius 2 is 1.72 bits per heavy atom. The molecule has 8 nitrogen and oxygen atoms in total. The monoisotopic (exact) mass is 446 g/mol. The number of nitrogens with zero attached hydrogens (tertiary/aromatic N) is 4. The number of carbonyl (C=O) groups excluding carboxylic acids is 1. The van der Waals surface area contributed by atoms with E-state index < -0.39 is 0 Å². The summed E-state index contributed by atoms with van der Waals surface area (Å²) in [5.41, 5.74) is 3.84. The van der Waals surface area contributed by atoms with E-state index in [-0.39, 0.29) is 11.6 Å². The average molecular weight is 447 g/mol. The molecule has 3 aromatic carbocycles. The maximum Gasteiger partial charge on any atom is 0.276 e. The molecule has 1 aromatic heterocycles. The molecule has 160 valence electrons. The van der Waals surface area contributed by atoms with Crippen LogP contribution in [-0.2, 0) is 0 Å². The summed E-state index contributed by atoms with van der Waals surface area (Å²) in [6.07, 6.45) is 0. The van der Waals surface area contributed by atoms with E-state index in [1.807, 2.05) is 36.4 Å². The molecule has 0 radical (unpaired) electrons. The molecule has 9 heteroatoms. The van der Waals surface area contributed by atoms with Crippen LogP contribution in [0.25, 0.3) is 16.9 Å². The van der Waals surface area contributed by atoms with E-state index in [0.717, 1.165) is 22.7 Å². The molecule has 0 spiro atoms. The highest BCUT2D eigenvalue weighted by Crippen LogP contribution is 2.27. The number of halogens is 1. The predicted molar refractivity (Wildman–Crippen MR) is 124 cm³/mol. The molecule has 0 saturated carbocycles. The zero-order valence-corrected chi connectivity index (χ0v) is 17.8. The SMILES string of the molecule is COc1ccc(-n2nc(C(=O)Nc3ccc(N=NN)cc3)cc2-c2ccc(Cl)cc2)cc1. The van der Waals surface area contributed by atoms with Gasteiger partial charge in [0.1, 0.15) is 5.75 Å². The third kappa shape index (κ3) is 4.60. The number of amides is 1. The molecule has 0 aliphatic carbocycles. The molecule has 0 bridgehead atoms. The molecule has 3 N–H and O–H groups in total. The smallest absolute Gasteiger partial charge is 0.276 e. The van der Waals surface area contributed by atoms with Gasteiger partial charge in [-0.3, -0.25) is 4.79 Å². The molecule has 4 rings (SSSR count). The number of hydrogen-bond acceptors (Lipinski definition) is 5. The van der Waals surface area contributed by atoms with Gasteiger partial charge in [0.05, 0.1) is 24.2 Å². The van der Waals surface area contributed by atoms with Crippen LogP contribution in [0.5, 0.6) is 5.75 Å². The van der Waals surface area contributed by atoms with Crippen molar-refractivity contribution in [2.24, 2.45) is 16.2 Å². The number of carbonyl (C=O) groups is 1. The van der Waals surface area contributed by atoms with Crippen LogP contribution >= 0.6 is 11.6 Å². The van der Waals surface area contributed by atoms with Crippen molar-refractivity contribution in [1.82, 2.24) is 9.78 Å². The minimum absolute atomic E-state index is 0.261. The number of rotatable bonds is 6. The van der Waals surface area contributed by atoms with Crippen molar-refractivity contribution >= 4 is 28.9 Å². The number of benzene rings is 3. The van der Waals surface area contributed by atoms with E-state index in [2.05, 4.69) is 20.8 Å². The summed E-state index contributed by atoms with van der Waals surface area (Å²) >= 11 is 6.05. The van der Waals surface area contributed by atoms with Crippen LogP contribution in [0.3, 0.4) is 0 Å². The second-order valence-electron chi connectivity index (χ2n) is 6.75. The lowest BCUT2D eigenvalue weighted by Gasteiger charge is -2.08. The number of nitrogens with one attached hydrogen (secondary N) is 1. The van der Waals surface area contributed by atoms with Crippen molar-refractivity contribution < 1.29 is 9.53 Å². The Hall–Kier alpha value is -4.17. The molecular formula is C23H19ClN6O2. The Kier molecular flexibility index (Phi) is 6.14. The molecule has 0 aliphatic heterocycles. The van der Waals surface area contributed by atoms with E-state index >= 15 is 0 Å². The first kappa shape index (κ1) is 21.1. The van der Waals surface area contributed by atoms with E-state index in [4.69, 9.17) is 22.2 Å². The zero-order valence-electron chi connectivity index (χ0n) is 17.1. The summed E-state index contributed by atoms with van der Waals surface area (Å²) in [6, 6.07) is 23.3. The van der Waals surface area contributed by atoms with Gasteiger partial charge in [-0.05, 0) is 66.7 Å². The number of hydrogen-bond donors (Lipinski definition) is 2. The summed E-state index contributed by atoms with van der Waals surface area (Å²) in [4.78, 5) is 12.9. The van der Waals surface area contributed by atoms with Crippen LogP contribution in [0.1, 0.15) is 10.5 Å². The number of nitrogens with two attached hydrogens (primary N) is 1. The van der Waals surface area contributed by atoms with Gasteiger partial charge in [0.2, 0.25) is 0 Å². The predicted octanol–water partition coefficient (Wildman–Crippen LogP) is 5.41. The summed E-state index contributed by atoms with van der Waals surface area (Å²) in [7, 11) is 1.61. The maximum atomic E-state index is 12.9. The van der Waals surface area contributed by atoms with Crippen molar-refractivity contribution in [3.63, 3.8) is 0 Å². The summed E-state index contributed by atoms with van der Waals surface area (Å²) in [6.45, 7) is 0. The summed E-state index contributed by atoms with van der Waals surface area (Å²) in [5.74, 6) is 5.44. The highest BCUT2D eigenvalue weighted by atomic mass is 35.5. The first-order valence-electron chi connectivity index (χ1n) is 9.60. The molecule has 0 fully saturated rings. The lowest BCUT2D eigenvalue weighted by molar-refractivity contribution is 0.102. The van der Waals surface area contributed by atoms with Crippen LogP contribution in [0, 0.1) is 0 Å².